The minimum atomic E-state index is -0.148. The molecule has 4 nitrogen and oxygen atoms in total. The van der Waals surface area contributed by atoms with Gasteiger partial charge in [0.1, 0.15) is 0 Å². The van der Waals surface area contributed by atoms with Crippen molar-refractivity contribution < 1.29 is 9.47 Å². The van der Waals surface area contributed by atoms with Crippen LogP contribution >= 0.6 is 0 Å². The van der Waals surface area contributed by atoms with Gasteiger partial charge in [0.2, 0.25) is 0 Å². The third-order valence-electron chi connectivity index (χ3n) is 3.33. The quantitative estimate of drug-likeness (QED) is 0.699. The van der Waals surface area contributed by atoms with Gasteiger partial charge in [0, 0.05) is 44.2 Å². The molecule has 0 bridgehead atoms. The zero-order chi connectivity index (χ0) is 14.3. The first kappa shape index (κ1) is 16.2. The van der Waals surface area contributed by atoms with Crippen molar-refractivity contribution in [2.45, 2.75) is 54.0 Å². The third kappa shape index (κ3) is 4.64. The second-order valence-electron chi connectivity index (χ2n) is 4.61. The molecule has 0 unspecified atom stereocenters. The number of hydrogen-bond acceptors (Lipinski definition) is 3. The predicted octanol–water partition coefficient (Wildman–Crippen LogP) is 2.61. The van der Waals surface area contributed by atoms with Gasteiger partial charge in [0.15, 0.2) is 6.29 Å². The van der Waals surface area contributed by atoms with Crippen LogP contribution in [0, 0.1) is 13.8 Å². The van der Waals surface area contributed by atoms with Crippen molar-refractivity contribution in [1.82, 2.24) is 9.88 Å². The van der Waals surface area contributed by atoms with Crippen LogP contribution in [0.15, 0.2) is 6.07 Å². The molecule has 0 aromatic carbocycles. The van der Waals surface area contributed by atoms with Gasteiger partial charge in [-0.15, -0.1) is 0 Å². The van der Waals surface area contributed by atoms with E-state index in [1.54, 1.807) is 0 Å². The molecule has 0 atom stereocenters. The van der Waals surface area contributed by atoms with Crippen LogP contribution in [-0.2, 0) is 22.6 Å². The van der Waals surface area contributed by atoms with Gasteiger partial charge in [-0.3, -0.25) is 0 Å². The Balaban J connectivity index is 2.48. The van der Waals surface area contributed by atoms with Crippen molar-refractivity contribution in [3.8, 4) is 0 Å². The zero-order valence-corrected chi connectivity index (χ0v) is 13.0. The summed E-state index contributed by atoms with van der Waals surface area (Å²) in [6, 6.07) is 2.25. The molecular formula is C15H28N2O2. The standard InChI is InChI=1S/C15H28N2O2/c1-6-17-12(4)9-14(13(17)5)10-16-11-15(18-7-2)19-8-3/h9,15-16H,6-8,10-11H2,1-5H3. The lowest BCUT2D eigenvalue weighted by molar-refractivity contribution is -0.133. The number of hydrogen-bond donors (Lipinski definition) is 1. The molecule has 1 rings (SSSR count). The summed E-state index contributed by atoms with van der Waals surface area (Å²) < 4.78 is 13.4. The maximum absolute atomic E-state index is 5.51. The second kappa shape index (κ2) is 8.35. The van der Waals surface area contributed by atoms with Gasteiger partial charge in [-0.05, 0) is 46.2 Å². The Labute approximate surface area is 117 Å². The van der Waals surface area contributed by atoms with E-state index in [0.717, 1.165) is 19.6 Å². The van der Waals surface area contributed by atoms with Crippen molar-refractivity contribution >= 4 is 0 Å². The summed E-state index contributed by atoms with van der Waals surface area (Å²) in [4.78, 5) is 0. The highest BCUT2D eigenvalue weighted by atomic mass is 16.7. The maximum Gasteiger partial charge on any atom is 0.169 e. The van der Waals surface area contributed by atoms with Gasteiger partial charge in [-0.25, -0.2) is 0 Å². The largest absolute Gasteiger partial charge is 0.352 e. The van der Waals surface area contributed by atoms with E-state index in [-0.39, 0.29) is 6.29 Å². The molecule has 0 saturated heterocycles. The number of nitrogens with zero attached hydrogens (tertiary/aromatic N) is 1. The number of aromatic nitrogens is 1. The Hall–Kier alpha value is -0.840. The van der Waals surface area contributed by atoms with E-state index < -0.39 is 0 Å². The first-order chi connectivity index (χ1) is 9.13. The van der Waals surface area contributed by atoms with Gasteiger partial charge in [-0.2, -0.15) is 0 Å². The summed E-state index contributed by atoms with van der Waals surface area (Å²) >= 11 is 0. The molecule has 0 amide bonds. The second-order valence-corrected chi connectivity index (χ2v) is 4.61. The fourth-order valence-electron chi connectivity index (χ4n) is 2.40. The van der Waals surface area contributed by atoms with Crippen LogP contribution in [0.1, 0.15) is 37.7 Å². The summed E-state index contributed by atoms with van der Waals surface area (Å²) in [5.74, 6) is 0. The molecule has 0 saturated carbocycles. The molecule has 4 heteroatoms. The Kier molecular flexibility index (Phi) is 7.13. The van der Waals surface area contributed by atoms with Crippen molar-refractivity contribution in [2.24, 2.45) is 0 Å². The lowest BCUT2D eigenvalue weighted by Crippen LogP contribution is -2.31. The Morgan fingerprint density at radius 3 is 2.26 bits per heavy atom. The van der Waals surface area contributed by atoms with Crippen molar-refractivity contribution in [3.05, 3.63) is 23.0 Å². The van der Waals surface area contributed by atoms with Gasteiger partial charge < -0.3 is 19.4 Å². The van der Waals surface area contributed by atoms with E-state index in [1.165, 1.54) is 17.0 Å². The van der Waals surface area contributed by atoms with Crippen LogP contribution in [0.3, 0.4) is 0 Å². The van der Waals surface area contributed by atoms with Gasteiger partial charge in [-0.1, -0.05) is 0 Å². The van der Waals surface area contributed by atoms with Crippen molar-refractivity contribution in [3.63, 3.8) is 0 Å². The van der Waals surface area contributed by atoms with E-state index in [1.807, 2.05) is 13.8 Å². The van der Waals surface area contributed by atoms with E-state index in [0.29, 0.717) is 13.2 Å². The average Bonchev–Trinajstić information content (AvgIpc) is 2.64. The van der Waals surface area contributed by atoms with Crippen LogP contribution in [0.2, 0.25) is 0 Å². The van der Waals surface area contributed by atoms with Crippen molar-refractivity contribution in [1.29, 1.82) is 0 Å². The topological polar surface area (TPSA) is 35.4 Å². The highest BCUT2D eigenvalue weighted by Crippen LogP contribution is 2.14. The number of aryl methyl sites for hydroxylation is 1. The lowest BCUT2D eigenvalue weighted by Gasteiger charge is -2.17. The molecule has 0 radical (unpaired) electrons. The zero-order valence-electron chi connectivity index (χ0n) is 13.0. The molecule has 0 aliphatic heterocycles. The highest BCUT2D eigenvalue weighted by Gasteiger charge is 2.10. The Morgan fingerprint density at radius 1 is 1.16 bits per heavy atom. The summed E-state index contributed by atoms with van der Waals surface area (Å²) in [7, 11) is 0. The van der Waals surface area contributed by atoms with Gasteiger partial charge >= 0.3 is 0 Å². The maximum atomic E-state index is 5.51. The molecule has 0 fully saturated rings. The number of rotatable bonds is 9. The fraction of sp³-hybridized carbons (Fsp3) is 0.733. The first-order valence-electron chi connectivity index (χ1n) is 7.23. The van der Waals surface area contributed by atoms with Crippen LogP contribution < -0.4 is 5.32 Å². The van der Waals surface area contributed by atoms with Gasteiger partial charge in [0.25, 0.3) is 0 Å². The molecule has 0 aliphatic rings. The van der Waals surface area contributed by atoms with E-state index in [9.17, 15) is 0 Å². The monoisotopic (exact) mass is 268 g/mol. The fourth-order valence-corrected chi connectivity index (χ4v) is 2.40. The predicted molar refractivity (Wildman–Crippen MR) is 78.3 cm³/mol. The minimum Gasteiger partial charge on any atom is -0.352 e. The third-order valence-corrected chi connectivity index (χ3v) is 3.33. The van der Waals surface area contributed by atoms with Crippen LogP contribution in [0.25, 0.3) is 0 Å². The SMILES string of the molecule is CCOC(CNCc1cc(C)n(CC)c1C)OCC. The molecule has 0 aliphatic carbocycles. The summed E-state index contributed by atoms with van der Waals surface area (Å²) in [6.45, 7) is 14.4. The van der Waals surface area contributed by atoms with E-state index >= 15 is 0 Å². The van der Waals surface area contributed by atoms with E-state index in [4.69, 9.17) is 9.47 Å². The van der Waals surface area contributed by atoms with Gasteiger partial charge in [0.05, 0.1) is 0 Å². The molecule has 110 valence electrons. The Morgan fingerprint density at radius 2 is 1.79 bits per heavy atom. The smallest absolute Gasteiger partial charge is 0.169 e. The molecule has 0 spiro atoms. The Bertz CT molecular complexity index is 368. The van der Waals surface area contributed by atoms with Crippen LogP contribution in [-0.4, -0.2) is 30.6 Å². The molecule has 19 heavy (non-hydrogen) atoms. The molecule has 1 heterocycles. The number of nitrogens with one attached hydrogen (secondary N) is 1. The molecular weight excluding hydrogens is 240 g/mol. The summed E-state index contributed by atoms with van der Waals surface area (Å²) in [6.07, 6.45) is -0.148. The molecule has 1 aromatic heterocycles. The van der Waals surface area contributed by atoms with Crippen molar-refractivity contribution in [2.75, 3.05) is 19.8 Å². The number of ether oxygens (including phenoxy) is 2. The summed E-state index contributed by atoms with van der Waals surface area (Å²) in [5.41, 5.74) is 4.02. The minimum absolute atomic E-state index is 0.148. The molecule has 1 aromatic rings. The molecule has 1 N–H and O–H groups in total. The highest BCUT2D eigenvalue weighted by molar-refractivity contribution is 5.26. The normalized spacial score (nSPS) is 11.5. The lowest BCUT2D eigenvalue weighted by atomic mass is 10.2. The summed E-state index contributed by atoms with van der Waals surface area (Å²) in [5, 5.41) is 3.41. The average molecular weight is 268 g/mol. The van der Waals surface area contributed by atoms with E-state index in [2.05, 4.69) is 36.7 Å². The first-order valence-corrected chi connectivity index (χ1v) is 7.23. The van der Waals surface area contributed by atoms with Crippen LogP contribution in [0.4, 0.5) is 0 Å². The van der Waals surface area contributed by atoms with Crippen LogP contribution in [0.5, 0.6) is 0 Å².